The van der Waals surface area contributed by atoms with Gasteiger partial charge in [0.2, 0.25) is 0 Å². The van der Waals surface area contributed by atoms with E-state index in [1.165, 1.54) is 11.8 Å². The Labute approximate surface area is 157 Å². The van der Waals surface area contributed by atoms with E-state index < -0.39 is 0 Å². The fourth-order valence-corrected chi connectivity index (χ4v) is 3.33. The van der Waals surface area contributed by atoms with Crippen molar-refractivity contribution in [2.24, 2.45) is 10.2 Å². The Bertz CT molecular complexity index is 873. The Balaban J connectivity index is 1.60. The van der Waals surface area contributed by atoms with Gasteiger partial charge in [-0.3, -0.25) is 4.79 Å². The molecule has 0 radical (unpaired) electrons. The molecule has 4 nitrogen and oxygen atoms in total. The van der Waals surface area contributed by atoms with Crippen LogP contribution < -0.4 is 0 Å². The molecule has 0 atom stereocenters. The number of aliphatic hydroxyl groups is 1. The maximum atomic E-state index is 12.5. The molecule has 0 bridgehead atoms. The van der Waals surface area contributed by atoms with Crippen molar-refractivity contribution in [3.63, 3.8) is 0 Å². The molecule has 0 saturated heterocycles. The summed E-state index contributed by atoms with van der Waals surface area (Å²) in [5.41, 5.74) is 3.62. The largest absolute Gasteiger partial charge is 0.512 e. The van der Waals surface area contributed by atoms with Crippen molar-refractivity contribution in [2.45, 2.75) is 19.3 Å². The molecule has 0 saturated carbocycles. The predicted molar refractivity (Wildman–Crippen MR) is 108 cm³/mol. The summed E-state index contributed by atoms with van der Waals surface area (Å²) >= 11 is 1.43. The number of rotatable bonds is 7. The number of hydrogen-bond donors (Lipinski definition) is 1. The molecule has 0 amide bonds. The molecule has 26 heavy (non-hydrogen) atoms. The molecule has 3 rings (SSSR count). The van der Waals surface area contributed by atoms with Crippen LogP contribution in [0.15, 0.2) is 77.1 Å². The summed E-state index contributed by atoms with van der Waals surface area (Å²) in [5, 5.41) is 18.4. The molecule has 0 spiro atoms. The number of hydrogen-bond acceptors (Lipinski definition) is 5. The summed E-state index contributed by atoms with van der Waals surface area (Å²) in [7, 11) is 0. The Hall–Kier alpha value is -2.66. The van der Waals surface area contributed by atoms with Gasteiger partial charge in [-0.2, -0.15) is 5.10 Å². The van der Waals surface area contributed by atoms with E-state index in [-0.39, 0.29) is 11.5 Å². The zero-order valence-electron chi connectivity index (χ0n) is 14.4. The number of Topliss-reactive ketones (excluding diaryl/α,β-unsaturated/α-hetero) is 1. The van der Waals surface area contributed by atoms with Crippen LogP contribution in [-0.4, -0.2) is 27.4 Å². The number of thioether (sulfide) groups is 1. The van der Waals surface area contributed by atoms with Crippen molar-refractivity contribution >= 4 is 28.3 Å². The highest BCUT2D eigenvalue weighted by Crippen LogP contribution is 2.21. The molecule has 0 unspecified atom stereocenters. The maximum absolute atomic E-state index is 12.5. The molecule has 132 valence electrons. The van der Waals surface area contributed by atoms with Crippen molar-refractivity contribution in [3.05, 3.63) is 83.6 Å². The molecule has 1 aliphatic heterocycles. The first-order valence-corrected chi connectivity index (χ1v) is 9.41. The van der Waals surface area contributed by atoms with E-state index in [1.54, 1.807) is 0 Å². The number of carbonyl (C=O) groups is 1. The van der Waals surface area contributed by atoms with Crippen LogP contribution in [0.5, 0.6) is 0 Å². The highest BCUT2D eigenvalue weighted by atomic mass is 32.2. The lowest BCUT2D eigenvalue weighted by Crippen LogP contribution is -2.06. The number of carbonyl (C=O) groups excluding carboxylic acids is 1. The second-order valence-electron chi connectivity index (χ2n) is 6.06. The van der Waals surface area contributed by atoms with Gasteiger partial charge in [0.05, 0.1) is 17.2 Å². The summed E-state index contributed by atoms with van der Waals surface area (Å²) in [6, 6.07) is 17.6. The minimum Gasteiger partial charge on any atom is -0.512 e. The van der Waals surface area contributed by atoms with Crippen molar-refractivity contribution in [2.75, 3.05) is 5.75 Å². The third kappa shape index (κ3) is 4.92. The molecular formula is C21H20N2O2S. The first kappa shape index (κ1) is 18.1. The van der Waals surface area contributed by atoms with E-state index in [4.69, 9.17) is 0 Å². The number of ketones is 1. The lowest BCUT2D eigenvalue weighted by molar-refractivity contribution is 0.0983. The van der Waals surface area contributed by atoms with Crippen molar-refractivity contribution in [1.82, 2.24) is 0 Å². The molecule has 0 aromatic heterocycles. The average molecular weight is 364 g/mol. The van der Waals surface area contributed by atoms with Crippen molar-refractivity contribution in [3.8, 4) is 0 Å². The van der Waals surface area contributed by atoms with Gasteiger partial charge in [-0.1, -0.05) is 55.1 Å². The van der Waals surface area contributed by atoms with Crippen LogP contribution in [-0.2, 0) is 6.42 Å². The number of benzene rings is 2. The van der Waals surface area contributed by atoms with Gasteiger partial charge in [0.1, 0.15) is 5.04 Å². The molecular weight excluding hydrogens is 344 g/mol. The van der Waals surface area contributed by atoms with Crippen LogP contribution in [0.4, 0.5) is 0 Å². The van der Waals surface area contributed by atoms with Gasteiger partial charge < -0.3 is 5.11 Å². The normalized spacial score (nSPS) is 13.2. The van der Waals surface area contributed by atoms with Crippen LogP contribution in [0, 0.1) is 0 Å². The average Bonchev–Trinajstić information content (AvgIpc) is 3.14. The lowest BCUT2D eigenvalue weighted by atomic mass is 9.99. The highest BCUT2D eigenvalue weighted by molar-refractivity contribution is 8.14. The van der Waals surface area contributed by atoms with Crippen molar-refractivity contribution < 1.29 is 9.90 Å². The summed E-state index contributed by atoms with van der Waals surface area (Å²) in [5.74, 6) is 0.665. The third-order valence-corrected chi connectivity index (χ3v) is 5.04. The zero-order valence-corrected chi connectivity index (χ0v) is 15.2. The van der Waals surface area contributed by atoms with Gasteiger partial charge in [-0.25, -0.2) is 0 Å². The monoisotopic (exact) mass is 364 g/mol. The van der Waals surface area contributed by atoms with Crippen LogP contribution in [0.3, 0.4) is 0 Å². The van der Waals surface area contributed by atoms with Gasteiger partial charge >= 0.3 is 0 Å². The minimum atomic E-state index is 0.122. The number of aliphatic hydroxyl groups excluding tert-OH is 1. The Morgan fingerprint density at radius 1 is 1.12 bits per heavy atom. The molecule has 2 aromatic rings. The smallest absolute Gasteiger partial charge is 0.163 e. The van der Waals surface area contributed by atoms with Gasteiger partial charge in [0.15, 0.2) is 5.78 Å². The van der Waals surface area contributed by atoms with Crippen molar-refractivity contribution in [1.29, 1.82) is 0 Å². The third-order valence-electron chi connectivity index (χ3n) is 4.01. The standard InChI is InChI=1S/C21H20N2O2S/c1-15(24)14-26-21-13-19(22-23-21)17-8-5-9-18(12-17)20(25)11-10-16-6-3-2-4-7-16/h2-9,12,24H,1,10-11,13-14H2. The predicted octanol–water partition coefficient (Wildman–Crippen LogP) is 4.81. The SMILES string of the molecule is C=C(O)CSC1=NN=C(c2cccc(C(=O)CCc3ccccc3)c2)C1. The molecule has 1 heterocycles. The van der Waals surface area contributed by atoms with Crippen LogP contribution in [0.2, 0.25) is 0 Å². The van der Waals surface area contributed by atoms with E-state index in [1.807, 2.05) is 54.6 Å². The summed E-state index contributed by atoms with van der Waals surface area (Å²) in [6.45, 7) is 3.47. The minimum absolute atomic E-state index is 0.122. The fraction of sp³-hybridized carbons (Fsp3) is 0.190. The second kappa shape index (κ2) is 8.63. The topological polar surface area (TPSA) is 62.0 Å². The number of aryl methyl sites for hydroxylation is 1. The van der Waals surface area contributed by atoms with Gasteiger partial charge in [0, 0.05) is 18.4 Å². The van der Waals surface area contributed by atoms with E-state index in [2.05, 4.69) is 16.8 Å². The molecule has 1 aliphatic rings. The summed E-state index contributed by atoms with van der Waals surface area (Å²) in [4.78, 5) is 12.5. The quantitative estimate of drug-likeness (QED) is 0.566. The first-order chi connectivity index (χ1) is 12.6. The fourth-order valence-electron chi connectivity index (χ4n) is 2.66. The maximum Gasteiger partial charge on any atom is 0.163 e. The summed E-state index contributed by atoms with van der Waals surface area (Å²) in [6.07, 6.45) is 1.83. The Morgan fingerprint density at radius 2 is 1.92 bits per heavy atom. The van der Waals surface area contributed by atoms with E-state index >= 15 is 0 Å². The molecule has 5 heteroatoms. The second-order valence-corrected chi connectivity index (χ2v) is 7.11. The first-order valence-electron chi connectivity index (χ1n) is 8.42. The van der Waals surface area contributed by atoms with E-state index in [0.29, 0.717) is 24.2 Å². The molecule has 2 aromatic carbocycles. The van der Waals surface area contributed by atoms with Crippen LogP contribution in [0.1, 0.15) is 34.3 Å². The van der Waals surface area contributed by atoms with Gasteiger partial charge in [0.25, 0.3) is 0 Å². The van der Waals surface area contributed by atoms with E-state index in [9.17, 15) is 9.90 Å². The lowest BCUT2D eigenvalue weighted by Gasteiger charge is -2.05. The van der Waals surface area contributed by atoms with Crippen LogP contribution in [0.25, 0.3) is 0 Å². The Kier molecular flexibility index (Phi) is 6.02. The van der Waals surface area contributed by atoms with Gasteiger partial charge in [-0.15, -0.1) is 16.9 Å². The van der Waals surface area contributed by atoms with Gasteiger partial charge in [-0.05, 0) is 23.6 Å². The molecule has 1 N–H and O–H groups in total. The zero-order chi connectivity index (χ0) is 18.4. The van der Waals surface area contributed by atoms with E-state index in [0.717, 1.165) is 28.3 Å². The van der Waals surface area contributed by atoms with Crippen LogP contribution >= 0.6 is 11.8 Å². The Morgan fingerprint density at radius 3 is 2.69 bits per heavy atom. The highest BCUT2D eigenvalue weighted by Gasteiger charge is 2.16. The molecule has 0 aliphatic carbocycles. The summed E-state index contributed by atoms with van der Waals surface area (Å²) < 4.78 is 0. The molecule has 0 fully saturated rings. The number of nitrogens with zero attached hydrogens (tertiary/aromatic N) is 2.